The monoisotopic (exact) mass is 469 g/mol. The lowest BCUT2D eigenvalue weighted by molar-refractivity contribution is 0.0992. The van der Waals surface area contributed by atoms with Gasteiger partial charge in [-0.15, -0.1) is 0 Å². The molecule has 6 nitrogen and oxygen atoms in total. The molecule has 2 aromatic carbocycles. The maximum Gasteiger partial charge on any atom is 0.291 e. The van der Waals surface area contributed by atoms with Crippen molar-refractivity contribution in [2.24, 2.45) is 0 Å². The van der Waals surface area contributed by atoms with E-state index in [-0.39, 0.29) is 18.3 Å². The second-order valence-electron chi connectivity index (χ2n) is 7.30. The number of ether oxygens (including phenoxy) is 1. The van der Waals surface area contributed by atoms with Gasteiger partial charge in [0.2, 0.25) is 0 Å². The molecule has 4 rings (SSSR count). The maximum absolute atomic E-state index is 12.7. The van der Waals surface area contributed by atoms with Crippen molar-refractivity contribution >= 4 is 34.8 Å². The van der Waals surface area contributed by atoms with Crippen LogP contribution in [0.25, 0.3) is 0 Å². The highest BCUT2D eigenvalue weighted by atomic mass is 35.5. The summed E-state index contributed by atoms with van der Waals surface area (Å²) in [5, 5.41) is 8.72. The number of halogens is 2. The van der Waals surface area contributed by atoms with Gasteiger partial charge in [0.05, 0.1) is 23.6 Å². The summed E-state index contributed by atoms with van der Waals surface area (Å²) in [6, 6.07) is 18.0. The van der Waals surface area contributed by atoms with Gasteiger partial charge in [-0.3, -0.25) is 9.48 Å². The van der Waals surface area contributed by atoms with Gasteiger partial charge in [0.15, 0.2) is 5.76 Å². The Morgan fingerprint density at radius 1 is 1.06 bits per heavy atom. The minimum Gasteiger partial charge on any atom is -0.486 e. The van der Waals surface area contributed by atoms with Crippen LogP contribution in [0.1, 0.15) is 33.3 Å². The Labute approximate surface area is 195 Å². The zero-order chi connectivity index (χ0) is 22.7. The van der Waals surface area contributed by atoms with Gasteiger partial charge in [-0.1, -0.05) is 41.4 Å². The molecule has 0 unspecified atom stereocenters. The topological polar surface area (TPSA) is 69.3 Å². The minimum atomic E-state index is -0.354. The van der Waals surface area contributed by atoms with Gasteiger partial charge in [-0.2, -0.15) is 5.10 Å². The molecule has 32 heavy (non-hydrogen) atoms. The van der Waals surface area contributed by atoms with Gasteiger partial charge < -0.3 is 14.5 Å². The molecule has 0 atom stereocenters. The first-order valence-corrected chi connectivity index (χ1v) is 10.7. The average Bonchev–Trinajstić information content (AvgIpc) is 3.33. The number of hydrogen-bond donors (Lipinski definition) is 1. The molecule has 0 fully saturated rings. The van der Waals surface area contributed by atoms with Crippen LogP contribution in [0.4, 0.5) is 5.69 Å². The van der Waals surface area contributed by atoms with Crippen LogP contribution in [0.5, 0.6) is 5.75 Å². The quantitative estimate of drug-likeness (QED) is 0.345. The summed E-state index contributed by atoms with van der Waals surface area (Å²) in [6.45, 7) is 4.49. The fraction of sp³-hybridized carbons (Fsp3) is 0.167. The van der Waals surface area contributed by atoms with Crippen molar-refractivity contribution in [2.45, 2.75) is 27.0 Å². The van der Waals surface area contributed by atoms with Crippen molar-refractivity contribution in [3.05, 3.63) is 99.2 Å². The van der Waals surface area contributed by atoms with Crippen molar-refractivity contribution in [1.82, 2.24) is 9.78 Å². The second kappa shape index (κ2) is 9.51. The Kier molecular flexibility index (Phi) is 6.53. The summed E-state index contributed by atoms with van der Waals surface area (Å²) in [5.41, 5.74) is 3.24. The molecule has 0 aliphatic rings. The van der Waals surface area contributed by atoms with Gasteiger partial charge in [-0.25, -0.2) is 0 Å². The molecule has 0 saturated heterocycles. The number of furan rings is 1. The van der Waals surface area contributed by atoms with E-state index in [0.717, 1.165) is 11.3 Å². The SMILES string of the molecule is Cc1nn(Cc2cccc(Cl)c2)c(C)c1NC(=O)c1ccc(COc2cccc(Cl)c2)o1. The van der Waals surface area contributed by atoms with Crippen molar-refractivity contribution < 1.29 is 13.9 Å². The Hall–Kier alpha value is -3.22. The number of amides is 1. The largest absolute Gasteiger partial charge is 0.486 e. The molecule has 1 N–H and O–H groups in total. The Balaban J connectivity index is 1.42. The molecule has 0 aliphatic heterocycles. The van der Waals surface area contributed by atoms with Gasteiger partial charge in [0.25, 0.3) is 5.91 Å². The molecular formula is C24H21Cl2N3O3. The van der Waals surface area contributed by atoms with E-state index in [4.69, 9.17) is 32.4 Å². The number of benzene rings is 2. The first-order chi connectivity index (χ1) is 15.4. The highest BCUT2D eigenvalue weighted by Crippen LogP contribution is 2.23. The highest BCUT2D eigenvalue weighted by Gasteiger charge is 2.18. The molecule has 164 valence electrons. The molecule has 0 saturated carbocycles. The van der Waals surface area contributed by atoms with E-state index in [2.05, 4.69) is 10.4 Å². The fourth-order valence-electron chi connectivity index (χ4n) is 3.30. The van der Waals surface area contributed by atoms with Gasteiger partial charge >= 0.3 is 0 Å². The normalized spacial score (nSPS) is 10.9. The average molecular weight is 470 g/mol. The van der Waals surface area contributed by atoms with Crippen molar-refractivity contribution in [2.75, 3.05) is 5.32 Å². The van der Waals surface area contributed by atoms with Crippen LogP contribution in [-0.4, -0.2) is 15.7 Å². The number of nitrogens with one attached hydrogen (secondary N) is 1. The van der Waals surface area contributed by atoms with Crippen LogP contribution < -0.4 is 10.1 Å². The third kappa shape index (κ3) is 5.15. The van der Waals surface area contributed by atoms with Gasteiger partial charge in [-0.05, 0) is 61.9 Å². The predicted octanol–water partition coefficient (Wildman–Crippen LogP) is 6.28. The number of nitrogens with zero attached hydrogens (tertiary/aromatic N) is 2. The molecule has 2 aromatic heterocycles. The lowest BCUT2D eigenvalue weighted by Crippen LogP contribution is -2.12. The van der Waals surface area contributed by atoms with Crippen LogP contribution in [-0.2, 0) is 13.2 Å². The van der Waals surface area contributed by atoms with Crippen LogP contribution in [0.2, 0.25) is 10.0 Å². The molecule has 0 aliphatic carbocycles. The van der Waals surface area contributed by atoms with E-state index < -0.39 is 0 Å². The summed E-state index contributed by atoms with van der Waals surface area (Å²) >= 11 is 12.0. The zero-order valence-electron chi connectivity index (χ0n) is 17.6. The number of aromatic nitrogens is 2. The number of hydrogen-bond acceptors (Lipinski definition) is 4. The summed E-state index contributed by atoms with van der Waals surface area (Å²) in [5.74, 6) is 0.988. The third-order valence-corrected chi connectivity index (χ3v) is 5.37. The van der Waals surface area contributed by atoms with Crippen LogP contribution in [0.3, 0.4) is 0 Å². The molecule has 2 heterocycles. The number of rotatable bonds is 7. The first-order valence-electron chi connectivity index (χ1n) is 9.96. The fourth-order valence-corrected chi connectivity index (χ4v) is 3.70. The van der Waals surface area contributed by atoms with E-state index in [1.807, 2.05) is 42.8 Å². The molecule has 0 radical (unpaired) electrons. The lowest BCUT2D eigenvalue weighted by Gasteiger charge is -2.07. The first kappa shape index (κ1) is 22.0. The van der Waals surface area contributed by atoms with Gasteiger partial charge in [0, 0.05) is 10.0 Å². The molecule has 1 amide bonds. The summed E-state index contributed by atoms with van der Waals surface area (Å²) in [4.78, 5) is 12.7. The van der Waals surface area contributed by atoms with Crippen LogP contribution in [0, 0.1) is 13.8 Å². The summed E-state index contributed by atoms with van der Waals surface area (Å²) in [6.07, 6.45) is 0. The van der Waals surface area contributed by atoms with E-state index >= 15 is 0 Å². The summed E-state index contributed by atoms with van der Waals surface area (Å²) in [7, 11) is 0. The third-order valence-electron chi connectivity index (χ3n) is 4.90. The second-order valence-corrected chi connectivity index (χ2v) is 8.17. The highest BCUT2D eigenvalue weighted by molar-refractivity contribution is 6.30. The maximum atomic E-state index is 12.7. The Morgan fingerprint density at radius 3 is 2.56 bits per heavy atom. The van der Waals surface area contributed by atoms with Crippen LogP contribution >= 0.6 is 23.2 Å². The van der Waals surface area contributed by atoms with E-state index in [9.17, 15) is 4.79 Å². The van der Waals surface area contributed by atoms with E-state index in [0.29, 0.717) is 39.5 Å². The van der Waals surface area contributed by atoms with E-state index in [1.165, 1.54) is 0 Å². The number of anilines is 1. The Bertz CT molecular complexity index is 1260. The Morgan fingerprint density at radius 2 is 1.81 bits per heavy atom. The molecule has 8 heteroatoms. The van der Waals surface area contributed by atoms with Crippen molar-refractivity contribution in [1.29, 1.82) is 0 Å². The standard InChI is InChI=1S/C24H21Cl2N3O3/c1-15-23(16(2)29(28-15)13-17-5-3-6-18(25)11-17)27-24(30)22-10-9-21(32-22)14-31-20-8-4-7-19(26)12-20/h3-12H,13-14H2,1-2H3,(H,27,30). The van der Waals surface area contributed by atoms with Crippen molar-refractivity contribution in [3.8, 4) is 5.75 Å². The van der Waals surface area contributed by atoms with Crippen molar-refractivity contribution in [3.63, 3.8) is 0 Å². The number of aryl methyl sites for hydroxylation is 1. The molecule has 0 bridgehead atoms. The number of carbonyl (C=O) groups is 1. The van der Waals surface area contributed by atoms with Crippen LogP contribution in [0.15, 0.2) is 65.1 Å². The zero-order valence-corrected chi connectivity index (χ0v) is 19.1. The summed E-state index contributed by atoms with van der Waals surface area (Å²) < 4.78 is 13.1. The number of carbonyl (C=O) groups excluding carboxylic acids is 1. The molecule has 0 spiro atoms. The predicted molar refractivity (Wildman–Crippen MR) is 125 cm³/mol. The lowest BCUT2D eigenvalue weighted by atomic mass is 10.2. The minimum absolute atomic E-state index is 0.184. The van der Waals surface area contributed by atoms with Gasteiger partial charge in [0.1, 0.15) is 18.1 Å². The van der Waals surface area contributed by atoms with E-state index in [1.54, 1.807) is 36.4 Å². The molecular weight excluding hydrogens is 449 g/mol. The smallest absolute Gasteiger partial charge is 0.291 e. The molecule has 4 aromatic rings.